The van der Waals surface area contributed by atoms with Gasteiger partial charge in [0.05, 0.1) is 12.5 Å². The zero-order valence-corrected chi connectivity index (χ0v) is 12.4. The van der Waals surface area contributed by atoms with Gasteiger partial charge in [0.2, 0.25) is 0 Å². The smallest absolute Gasteiger partial charge is 0.256 e. The Morgan fingerprint density at radius 1 is 1.26 bits per heavy atom. The van der Waals surface area contributed by atoms with Crippen LogP contribution < -0.4 is 9.67 Å². The fourth-order valence-corrected chi connectivity index (χ4v) is 2.60. The Morgan fingerprint density at radius 2 is 1.95 bits per heavy atom. The molecule has 1 aromatic heterocycles. The molecule has 0 bridgehead atoms. The van der Waals surface area contributed by atoms with Crippen LogP contribution in [0.15, 0.2) is 6.20 Å². The van der Waals surface area contributed by atoms with Crippen molar-refractivity contribution in [1.29, 1.82) is 0 Å². The molecule has 0 saturated carbocycles. The SMILES string of the molecule is CCCCCCCc1n(CC)c(C)c[n+]1CC(=O)[O-]. The highest BCUT2D eigenvalue weighted by molar-refractivity contribution is 5.62. The summed E-state index contributed by atoms with van der Waals surface area (Å²) in [7, 11) is 0. The third kappa shape index (κ3) is 4.69. The number of aromatic nitrogens is 2. The first-order chi connectivity index (χ1) is 9.10. The van der Waals surface area contributed by atoms with E-state index >= 15 is 0 Å². The Labute approximate surface area is 116 Å². The van der Waals surface area contributed by atoms with Crippen LogP contribution in [0.25, 0.3) is 0 Å². The lowest BCUT2D eigenvalue weighted by Gasteiger charge is -2.05. The van der Waals surface area contributed by atoms with Crippen LogP contribution in [0.3, 0.4) is 0 Å². The van der Waals surface area contributed by atoms with E-state index in [0.29, 0.717) is 0 Å². The Morgan fingerprint density at radius 3 is 2.53 bits per heavy atom. The molecule has 0 spiro atoms. The predicted octanol–water partition coefficient (Wildman–Crippen LogP) is 1.37. The van der Waals surface area contributed by atoms with E-state index < -0.39 is 5.97 Å². The van der Waals surface area contributed by atoms with Crippen molar-refractivity contribution in [2.45, 2.75) is 72.4 Å². The largest absolute Gasteiger partial charge is 0.546 e. The third-order valence-electron chi connectivity index (χ3n) is 3.53. The van der Waals surface area contributed by atoms with E-state index in [1.807, 2.05) is 17.7 Å². The summed E-state index contributed by atoms with van der Waals surface area (Å²) in [5.41, 5.74) is 1.12. The maximum absolute atomic E-state index is 10.8. The summed E-state index contributed by atoms with van der Waals surface area (Å²) < 4.78 is 4.02. The molecule has 0 N–H and O–H groups in total. The van der Waals surface area contributed by atoms with Gasteiger partial charge in [0, 0.05) is 13.3 Å². The van der Waals surface area contributed by atoms with Crippen molar-refractivity contribution in [1.82, 2.24) is 4.57 Å². The highest BCUT2D eigenvalue weighted by Crippen LogP contribution is 2.09. The van der Waals surface area contributed by atoms with E-state index in [1.165, 1.54) is 25.7 Å². The molecule has 0 fully saturated rings. The van der Waals surface area contributed by atoms with Gasteiger partial charge in [-0.05, 0) is 13.3 Å². The minimum Gasteiger partial charge on any atom is -0.546 e. The van der Waals surface area contributed by atoms with Gasteiger partial charge in [-0.15, -0.1) is 0 Å². The van der Waals surface area contributed by atoms with Crippen LogP contribution in [0.5, 0.6) is 0 Å². The summed E-state index contributed by atoms with van der Waals surface area (Å²) in [5, 5.41) is 10.8. The summed E-state index contributed by atoms with van der Waals surface area (Å²) in [5.74, 6) is 0.0891. The fraction of sp³-hybridized carbons (Fsp3) is 0.733. The van der Waals surface area contributed by atoms with Crippen molar-refractivity contribution in [3.8, 4) is 0 Å². The quantitative estimate of drug-likeness (QED) is 0.500. The minimum atomic E-state index is -1.02. The van der Waals surface area contributed by atoms with Crippen molar-refractivity contribution in [2.75, 3.05) is 0 Å². The van der Waals surface area contributed by atoms with Crippen molar-refractivity contribution in [3.63, 3.8) is 0 Å². The zero-order chi connectivity index (χ0) is 14.3. The lowest BCUT2D eigenvalue weighted by molar-refractivity contribution is -0.697. The summed E-state index contributed by atoms with van der Waals surface area (Å²) in [6.07, 6.45) is 8.99. The van der Waals surface area contributed by atoms with Gasteiger partial charge in [-0.2, -0.15) is 0 Å². The summed E-state index contributed by atoms with van der Waals surface area (Å²) in [6.45, 7) is 7.17. The molecular formula is C15H26N2O2. The number of carbonyl (C=O) groups excluding carboxylic acids is 1. The van der Waals surface area contributed by atoms with Crippen molar-refractivity contribution >= 4 is 5.97 Å². The second-order valence-corrected chi connectivity index (χ2v) is 5.10. The molecule has 4 nitrogen and oxygen atoms in total. The van der Waals surface area contributed by atoms with Crippen molar-refractivity contribution < 1.29 is 14.5 Å². The predicted molar refractivity (Wildman–Crippen MR) is 72.5 cm³/mol. The summed E-state index contributed by atoms with van der Waals surface area (Å²) >= 11 is 0. The standard InChI is InChI=1S/C15H26N2O2/c1-4-6-7-8-9-10-14-16(12-15(18)19)11-13(3)17(14)5-2/h11H,4-10,12H2,1-3H3. The first kappa shape index (κ1) is 15.7. The number of imidazole rings is 1. The fourth-order valence-electron chi connectivity index (χ4n) is 2.60. The Balaban J connectivity index is 2.69. The lowest BCUT2D eigenvalue weighted by Crippen LogP contribution is -2.45. The molecule has 0 saturated heterocycles. The molecule has 0 aliphatic carbocycles. The van der Waals surface area contributed by atoms with Crippen LogP contribution >= 0.6 is 0 Å². The van der Waals surface area contributed by atoms with E-state index in [2.05, 4.69) is 18.4 Å². The van der Waals surface area contributed by atoms with Gasteiger partial charge in [0.25, 0.3) is 5.82 Å². The van der Waals surface area contributed by atoms with Crippen LogP contribution in [0.4, 0.5) is 0 Å². The van der Waals surface area contributed by atoms with Crippen LogP contribution in [0, 0.1) is 6.92 Å². The maximum Gasteiger partial charge on any atom is 0.256 e. The Kier molecular flexibility index (Phi) is 6.60. The molecule has 0 unspecified atom stereocenters. The molecule has 19 heavy (non-hydrogen) atoms. The second kappa shape index (κ2) is 7.97. The van der Waals surface area contributed by atoms with E-state index in [1.54, 1.807) is 0 Å². The summed E-state index contributed by atoms with van der Waals surface area (Å²) in [6, 6.07) is 0. The van der Waals surface area contributed by atoms with Crippen LogP contribution in [0.1, 0.15) is 57.5 Å². The molecule has 108 valence electrons. The van der Waals surface area contributed by atoms with Gasteiger partial charge in [0.15, 0.2) is 0 Å². The monoisotopic (exact) mass is 266 g/mol. The highest BCUT2D eigenvalue weighted by atomic mass is 16.4. The molecule has 0 atom stereocenters. The first-order valence-corrected chi connectivity index (χ1v) is 7.38. The van der Waals surface area contributed by atoms with Crippen molar-refractivity contribution in [2.24, 2.45) is 0 Å². The molecular weight excluding hydrogens is 240 g/mol. The lowest BCUT2D eigenvalue weighted by atomic mass is 10.1. The van der Waals surface area contributed by atoms with Crippen LogP contribution in [-0.4, -0.2) is 10.5 Å². The minimum absolute atomic E-state index is 0.0435. The number of aliphatic carboxylic acids is 1. The maximum atomic E-state index is 10.8. The Bertz CT molecular complexity index is 411. The van der Waals surface area contributed by atoms with Gasteiger partial charge < -0.3 is 9.90 Å². The zero-order valence-electron chi connectivity index (χ0n) is 12.4. The molecule has 0 radical (unpaired) electrons. The van der Waals surface area contributed by atoms with E-state index in [4.69, 9.17) is 0 Å². The average molecular weight is 266 g/mol. The first-order valence-electron chi connectivity index (χ1n) is 7.38. The van der Waals surface area contributed by atoms with Gasteiger partial charge in [-0.1, -0.05) is 32.6 Å². The summed E-state index contributed by atoms with van der Waals surface area (Å²) in [4.78, 5) is 10.8. The number of carboxylic acid groups (broad SMARTS) is 1. The van der Waals surface area contributed by atoms with Gasteiger partial charge in [-0.25, -0.2) is 9.13 Å². The van der Waals surface area contributed by atoms with Gasteiger partial charge >= 0.3 is 0 Å². The Hall–Kier alpha value is -1.32. The molecule has 1 rings (SSSR count). The van der Waals surface area contributed by atoms with E-state index in [0.717, 1.165) is 30.9 Å². The normalized spacial score (nSPS) is 10.9. The molecule has 0 amide bonds. The topological polar surface area (TPSA) is 48.9 Å². The number of aryl methyl sites for hydroxylation is 1. The second-order valence-electron chi connectivity index (χ2n) is 5.10. The molecule has 0 aromatic carbocycles. The van der Waals surface area contributed by atoms with E-state index in [9.17, 15) is 9.90 Å². The van der Waals surface area contributed by atoms with Crippen LogP contribution in [0.2, 0.25) is 0 Å². The average Bonchev–Trinajstić information content (AvgIpc) is 2.64. The number of unbranched alkanes of at least 4 members (excludes halogenated alkanes) is 4. The number of hydrogen-bond donors (Lipinski definition) is 0. The van der Waals surface area contributed by atoms with Crippen LogP contribution in [-0.2, 0) is 24.3 Å². The number of rotatable bonds is 9. The number of nitrogens with zero attached hydrogens (tertiary/aromatic N) is 2. The molecule has 1 aromatic rings. The number of carboxylic acids is 1. The van der Waals surface area contributed by atoms with Gasteiger partial charge in [-0.3, -0.25) is 0 Å². The highest BCUT2D eigenvalue weighted by Gasteiger charge is 2.19. The molecule has 0 aliphatic heterocycles. The number of carbonyl (C=O) groups is 1. The molecule has 4 heteroatoms. The van der Waals surface area contributed by atoms with Gasteiger partial charge in [0.1, 0.15) is 18.4 Å². The third-order valence-corrected chi connectivity index (χ3v) is 3.53. The van der Waals surface area contributed by atoms with E-state index in [-0.39, 0.29) is 6.54 Å². The van der Waals surface area contributed by atoms with Crippen molar-refractivity contribution in [3.05, 3.63) is 17.7 Å². The molecule has 0 aliphatic rings. The number of hydrogen-bond acceptors (Lipinski definition) is 2. The molecule has 1 heterocycles.